The SMILES string of the molecule is CCC(CC)C(CNC(=NC)NCC(C)Cn1nc(C)cc1C)N1CCOCC1.I. The van der Waals surface area contributed by atoms with Crippen molar-refractivity contribution < 1.29 is 4.74 Å². The second kappa shape index (κ2) is 14.2. The Morgan fingerprint density at radius 2 is 1.80 bits per heavy atom. The van der Waals surface area contributed by atoms with E-state index in [9.17, 15) is 0 Å². The summed E-state index contributed by atoms with van der Waals surface area (Å²) < 4.78 is 7.66. The van der Waals surface area contributed by atoms with Crippen LogP contribution in [0.25, 0.3) is 0 Å². The fourth-order valence-electron chi connectivity index (χ4n) is 4.25. The Labute approximate surface area is 200 Å². The zero-order valence-corrected chi connectivity index (χ0v) is 22.1. The van der Waals surface area contributed by atoms with Crippen molar-refractivity contribution >= 4 is 29.9 Å². The number of hydrogen-bond acceptors (Lipinski definition) is 4. The van der Waals surface area contributed by atoms with Gasteiger partial charge in [-0.2, -0.15) is 5.10 Å². The molecule has 0 aliphatic carbocycles. The van der Waals surface area contributed by atoms with Gasteiger partial charge in [0, 0.05) is 51.5 Å². The normalized spacial score (nSPS) is 17.5. The second-order valence-corrected chi connectivity index (χ2v) is 8.34. The van der Waals surface area contributed by atoms with E-state index >= 15 is 0 Å². The Morgan fingerprint density at radius 3 is 2.33 bits per heavy atom. The molecule has 1 aromatic rings. The first-order chi connectivity index (χ1) is 14.0. The lowest BCUT2D eigenvalue weighted by molar-refractivity contribution is 0.00272. The molecule has 1 aliphatic rings. The third kappa shape index (κ3) is 8.34. The summed E-state index contributed by atoms with van der Waals surface area (Å²) in [6, 6.07) is 2.64. The lowest BCUT2D eigenvalue weighted by Gasteiger charge is -2.39. The average Bonchev–Trinajstić information content (AvgIpc) is 3.04. The molecule has 2 unspecified atom stereocenters. The van der Waals surface area contributed by atoms with Crippen molar-refractivity contribution in [3.05, 3.63) is 17.5 Å². The van der Waals surface area contributed by atoms with Gasteiger partial charge in [0.15, 0.2) is 5.96 Å². The number of ether oxygens (including phenoxy) is 1. The lowest BCUT2D eigenvalue weighted by Crippen LogP contribution is -2.53. The van der Waals surface area contributed by atoms with E-state index in [0.717, 1.165) is 57.6 Å². The molecule has 1 fully saturated rings. The topological polar surface area (TPSA) is 66.7 Å². The zero-order chi connectivity index (χ0) is 21.2. The molecule has 0 saturated carbocycles. The minimum Gasteiger partial charge on any atom is -0.379 e. The van der Waals surface area contributed by atoms with Crippen molar-refractivity contribution in [1.29, 1.82) is 0 Å². The number of hydrogen-bond donors (Lipinski definition) is 2. The van der Waals surface area contributed by atoms with Gasteiger partial charge in [0.05, 0.1) is 18.9 Å². The van der Waals surface area contributed by atoms with Gasteiger partial charge in [-0.1, -0.05) is 33.6 Å². The van der Waals surface area contributed by atoms with E-state index in [1.165, 1.54) is 18.5 Å². The molecule has 2 N–H and O–H groups in total. The highest BCUT2D eigenvalue weighted by molar-refractivity contribution is 14.0. The molecule has 0 spiro atoms. The third-order valence-electron chi connectivity index (χ3n) is 6.02. The smallest absolute Gasteiger partial charge is 0.191 e. The largest absolute Gasteiger partial charge is 0.379 e. The van der Waals surface area contributed by atoms with E-state index in [1.54, 1.807) is 0 Å². The van der Waals surface area contributed by atoms with Gasteiger partial charge in [-0.25, -0.2) is 0 Å². The first kappa shape index (κ1) is 27.2. The van der Waals surface area contributed by atoms with Gasteiger partial charge in [0.2, 0.25) is 0 Å². The van der Waals surface area contributed by atoms with E-state index in [-0.39, 0.29) is 24.0 Å². The molecule has 0 radical (unpaired) electrons. The Morgan fingerprint density at radius 1 is 1.17 bits per heavy atom. The van der Waals surface area contributed by atoms with Gasteiger partial charge in [0.1, 0.15) is 0 Å². The number of aliphatic imine (C=N–C) groups is 1. The van der Waals surface area contributed by atoms with Crippen molar-refractivity contribution in [3.63, 3.8) is 0 Å². The van der Waals surface area contributed by atoms with Crippen molar-refractivity contribution in [2.75, 3.05) is 46.4 Å². The van der Waals surface area contributed by atoms with Gasteiger partial charge < -0.3 is 15.4 Å². The maximum atomic E-state index is 5.56. The number of aryl methyl sites for hydroxylation is 2. The number of rotatable bonds is 10. The lowest BCUT2D eigenvalue weighted by atomic mass is 9.92. The first-order valence-corrected chi connectivity index (χ1v) is 11.3. The predicted molar refractivity (Wildman–Crippen MR) is 136 cm³/mol. The molecule has 8 heteroatoms. The van der Waals surface area contributed by atoms with Crippen LogP contribution < -0.4 is 10.6 Å². The molecule has 0 amide bonds. The first-order valence-electron chi connectivity index (χ1n) is 11.3. The molecule has 0 bridgehead atoms. The fourth-order valence-corrected chi connectivity index (χ4v) is 4.25. The molecule has 2 atom stereocenters. The van der Waals surface area contributed by atoms with E-state index in [1.807, 2.05) is 14.0 Å². The molecule has 0 aromatic carbocycles. The molecule has 1 saturated heterocycles. The van der Waals surface area contributed by atoms with E-state index in [4.69, 9.17) is 4.74 Å². The van der Waals surface area contributed by atoms with Crippen LogP contribution in [-0.4, -0.2) is 73.1 Å². The molecular formula is C22H43IN6O. The Hall–Kier alpha value is -0.870. The Balaban J connectivity index is 0.00000450. The predicted octanol–water partition coefficient (Wildman–Crippen LogP) is 3.06. The summed E-state index contributed by atoms with van der Waals surface area (Å²) in [7, 11) is 1.85. The van der Waals surface area contributed by atoms with Crippen LogP contribution >= 0.6 is 24.0 Å². The third-order valence-corrected chi connectivity index (χ3v) is 6.02. The molecule has 1 aromatic heterocycles. The standard InChI is InChI=1S/C22H42N6O.HI/c1-7-20(8-2)21(27-9-11-29-12-10-27)15-25-22(23-6)24-14-17(3)16-28-19(5)13-18(4)26-28;/h13,17,20-21H,7-12,14-16H2,1-6H3,(H2,23,24,25);1H. The van der Waals surface area contributed by atoms with Crippen LogP contribution in [0.4, 0.5) is 0 Å². The van der Waals surface area contributed by atoms with Gasteiger partial charge >= 0.3 is 0 Å². The van der Waals surface area contributed by atoms with Gasteiger partial charge in [-0.15, -0.1) is 24.0 Å². The monoisotopic (exact) mass is 534 g/mol. The highest BCUT2D eigenvalue weighted by Crippen LogP contribution is 2.19. The number of nitrogens with zero attached hydrogens (tertiary/aromatic N) is 4. The molecule has 2 rings (SSSR count). The van der Waals surface area contributed by atoms with Crippen LogP contribution in [0.3, 0.4) is 0 Å². The van der Waals surface area contributed by atoms with E-state index in [2.05, 4.69) is 64.1 Å². The summed E-state index contributed by atoms with van der Waals surface area (Å²) in [5.74, 6) is 2.03. The number of nitrogens with one attached hydrogen (secondary N) is 2. The van der Waals surface area contributed by atoms with Crippen molar-refractivity contribution in [3.8, 4) is 0 Å². The van der Waals surface area contributed by atoms with Crippen LogP contribution in [0, 0.1) is 25.7 Å². The quantitative estimate of drug-likeness (QED) is 0.275. The summed E-state index contributed by atoms with van der Waals surface area (Å²) in [4.78, 5) is 7.04. The van der Waals surface area contributed by atoms with Crippen LogP contribution in [-0.2, 0) is 11.3 Å². The summed E-state index contributed by atoms with van der Waals surface area (Å²) in [5, 5.41) is 11.7. The van der Waals surface area contributed by atoms with Crippen molar-refractivity contribution in [2.45, 2.75) is 60.0 Å². The average molecular weight is 535 g/mol. The Bertz CT molecular complexity index is 625. The van der Waals surface area contributed by atoms with Crippen molar-refractivity contribution in [2.24, 2.45) is 16.8 Å². The maximum absolute atomic E-state index is 5.56. The highest BCUT2D eigenvalue weighted by Gasteiger charge is 2.27. The summed E-state index contributed by atoms with van der Waals surface area (Å²) in [6.07, 6.45) is 2.40. The second-order valence-electron chi connectivity index (χ2n) is 8.34. The number of morpholine rings is 1. The molecular weight excluding hydrogens is 491 g/mol. The van der Waals surface area contributed by atoms with Gasteiger partial charge in [-0.05, 0) is 31.7 Å². The molecule has 1 aliphatic heterocycles. The van der Waals surface area contributed by atoms with Gasteiger partial charge in [-0.3, -0.25) is 14.6 Å². The minimum atomic E-state index is 0. The maximum Gasteiger partial charge on any atom is 0.191 e. The highest BCUT2D eigenvalue weighted by atomic mass is 127. The molecule has 7 nitrogen and oxygen atoms in total. The van der Waals surface area contributed by atoms with Crippen LogP contribution in [0.5, 0.6) is 0 Å². The number of guanidine groups is 1. The molecule has 174 valence electrons. The summed E-state index contributed by atoms with van der Waals surface area (Å²) >= 11 is 0. The van der Waals surface area contributed by atoms with Crippen LogP contribution in [0.15, 0.2) is 11.1 Å². The van der Waals surface area contributed by atoms with Crippen LogP contribution in [0.1, 0.15) is 45.0 Å². The molecule has 2 heterocycles. The van der Waals surface area contributed by atoms with Crippen LogP contribution in [0.2, 0.25) is 0 Å². The summed E-state index contributed by atoms with van der Waals surface area (Å²) in [5.41, 5.74) is 2.30. The number of aromatic nitrogens is 2. The van der Waals surface area contributed by atoms with E-state index in [0.29, 0.717) is 17.9 Å². The number of halogens is 1. The van der Waals surface area contributed by atoms with Gasteiger partial charge in [0.25, 0.3) is 0 Å². The van der Waals surface area contributed by atoms with E-state index < -0.39 is 0 Å². The summed E-state index contributed by atoms with van der Waals surface area (Å²) in [6.45, 7) is 17.4. The molecule has 30 heavy (non-hydrogen) atoms. The zero-order valence-electron chi connectivity index (χ0n) is 19.8. The van der Waals surface area contributed by atoms with Crippen molar-refractivity contribution in [1.82, 2.24) is 25.3 Å². The minimum absolute atomic E-state index is 0. The Kier molecular flexibility index (Phi) is 12.9. The fraction of sp³-hybridized carbons (Fsp3) is 0.818.